The molecule has 1 rings (SSSR count). The molecule has 0 saturated heterocycles. The quantitative estimate of drug-likeness (QED) is 0.662. The van der Waals surface area contributed by atoms with Crippen molar-refractivity contribution in [3.05, 3.63) is 29.8 Å². The summed E-state index contributed by atoms with van der Waals surface area (Å²) in [5.41, 5.74) is 7.08. The number of hydrogen-bond donors (Lipinski definition) is 3. The first kappa shape index (κ1) is 14.0. The molecule has 4 N–H and O–H groups in total. The first-order chi connectivity index (χ1) is 8.49. The number of hydrogen-bond acceptors (Lipinski definition) is 3. The molecule has 18 heavy (non-hydrogen) atoms. The van der Waals surface area contributed by atoms with E-state index in [0.29, 0.717) is 5.69 Å². The molecule has 0 aromatic heterocycles. The smallest absolute Gasteiger partial charge is 0.239 e. The lowest BCUT2D eigenvalue weighted by molar-refractivity contribution is -0.126. The van der Waals surface area contributed by atoms with E-state index in [9.17, 15) is 9.59 Å². The Morgan fingerprint density at radius 1 is 1.22 bits per heavy atom. The van der Waals surface area contributed by atoms with Gasteiger partial charge in [0, 0.05) is 11.7 Å². The van der Waals surface area contributed by atoms with E-state index in [1.807, 2.05) is 26.0 Å². The summed E-state index contributed by atoms with van der Waals surface area (Å²) < 4.78 is 0. The van der Waals surface area contributed by atoms with Crippen LogP contribution in [0.4, 0.5) is 5.69 Å². The standard InChI is InChI=1S/C13H19N3O2/c1-9(2)16-13(18)8-15-12(17)7-10-5-3-4-6-11(10)14/h3-6,9H,7-8,14H2,1-2H3,(H,15,17)(H,16,18). The van der Waals surface area contributed by atoms with Crippen molar-refractivity contribution in [1.82, 2.24) is 10.6 Å². The Balaban J connectivity index is 2.39. The third-order valence-corrected chi connectivity index (χ3v) is 2.30. The predicted molar refractivity (Wildman–Crippen MR) is 70.8 cm³/mol. The van der Waals surface area contributed by atoms with Crippen molar-refractivity contribution >= 4 is 17.5 Å². The molecule has 1 aromatic carbocycles. The van der Waals surface area contributed by atoms with Gasteiger partial charge in [0.25, 0.3) is 0 Å². The summed E-state index contributed by atoms with van der Waals surface area (Å²) in [6, 6.07) is 7.24. The average Bonchev–Trinajstić information content (AvgIpc) is 2.29. The van der Waals surface area contributed by atoms with Crippen LogP contribution in [0.2, 0.25) is 0 Å². The van der Waals surface area contributed by atoms with Gasteiger partial charge in [0.1, 0.15) is 0 Å². The van der Waals surface area contributed by atoms with Crippen molar-refractivity contribution in [2.45, 2.75) is 26.3 Å². The van der Waals surface area contributed by atoms with E-state index in [1.165, 1.54) is 0 Å². The fourth-order valence-corrected chi connectivity index (χ4v) is 1.48. The zero-order valence-corrected chi connectivity index (χ0v) is 10.7. The van der Waals surface area contributed by atoms with E-state index in [4.69, 9.17) is 5.73 Å². The normalized spacial score (nSPS) is 10.2. The summed E-state index contributed by atoms with van der Waals surface area (Å²) in [5, 5.41) is 5.25. The Morgan fingerprint density at radius 3 is 2.50 bits per heavy atom. The van der Waals surface area contributed by atoms with Crippen molar-refractivity contribution in [3.8, 4) is 0 Å². The van der Waals surface area contributed by atoms with Crippen LogP contribution in [0, 0.1) is 0 Å². The molecule has 0 aliphatic heterocycles. The van der Waals surface area contributed by atoms with Crippen molar-refractivity contribution in [1.29, 1.82) is 0 Å². The zero-order chi connectivity index (χ0) is 13.5. The third kappa shape index (κ3) is 4.86. The Morgan fingerprint density at radius 2 is 1.89 bits per heavy atom. The van der Waals surface area contributed by atoms with Crippen LogP contribution in [0.25, 0.3) is 0 Å². The fraction of sp³-hybridized carbons (Fsp3) is 0.385. The number of nitrogens with two attached hydrogens (primary N) is 1. The largest absolute Gasteiger partial charge is 0.398 e. The van der Waals surface area contributed by atoms with Crippen molar-refractivity contribution < 1.29 is 9.59 Å². The molecule has 0 radical (unpaired) electrons. The van der Waals surface area contributed by atoms with Crippen molar-refractivity contribution in [2.24, 2.45) is 0 Å². The first-order valence-electron chi connectivity index (χ1n) is 5.88. The van der Waals surface area contributed by atoms with E-state index in [2.05, 4.69) is 10.6 Å². The predicted octanol–water partition coefficient (Wildman–Crippen LogP) is 0.452. The number of carbonyl (C=O) groups excluding carboxylic acids is 2. The molecule has 0 fully saturated rings. The molecule has 0 bridgehead atoms. The highest BCUT2D eigenvalue weighted by Crippen LogP contribution is 2.10. The maximum Gasteiger partial charge on any atom is 0.239 e. The second kappa shape index (κ2) is 6.64. The van der Waals surface area contributed by atoms with E-state index in [1.54, 1.807) is 12.1 Å². The molecule has 0 heterocycles. The Labute approximate surface area is 107 Å². The molecule has 0 atom stereocenters. The van der Waals surface area contributed by atoms with Crippen LogP contribution in [-0.2, 0) is 16.0 Å². The molecule has 0 saturated carbocycles. The molecule has 0 aliphatic carbocycles. The lowest BCUT2D eigenvalue weighted by atomic mass is 10.1. The highest BCUT2D eigenvalue weighted by atomic mass is 16.2. The van der Waals surface area contributed by atoms with Gasteiger partial charge in [0.15, 0.2) is 0 Å². The molecule has 0 aliphatic rings. The van der Waals surface area contributed by atoms with Gasteiger partial charge in [-0.25, -0.2) is 0 Å². The number of nitrogen functional groups attached to an aromatic ring is 1. The molecular weight excluding hydrogens is 230 g/mol. The van der Waals surface area contributed by atoms with Gasteiger partial charge >= 0.3 is 0 Å². The Hall–Kier alpha value is -2.04. The second-order valence-electron chi connectivity index (χ2n) is 4.37. The second-order valence-corrected chi connectivity index (χ2v) is 4.37. The maximum atomic E-state index is 11.6. The summed E-state index contributed by atoms with van der Waals surface area (Å²) in [6.07, 6.45) is 0.182. The zero-order valence-electron chi connectivity index (χ0n) is 10.7. The van der Waals surface area contributed by atoms with Crippen LogP contribution in [0.3, 0.4) is 0 Å². The molecule has 0 unspecified atom stereocenters. The maximum absolute atomic E-state index is 11.6. The molecule has 0 spiro atoms. The van der Waals surface area contributed by atoms with Gasteiger partial charge in [0.05, 0.1) is 13.0 Å². The summed E-state index contributed by atoms with van der Waals surface area (Å²) >= 11 is 0. The Kier molecular flexibility index (Phi) is 5.17. The first-order valence-corrected chi connectivity index (χ1v) is 5.88. The highest BCUT2D eigenvalue weighted by molar-refractivity contribution is 5.86. The van der Waals surface area contributed by atoms with Gasteiger partial charge in [-0.1, -0.05) is 18.2 Å². The number of amides is 2. The van der Waals surface area contributed by atoms with E-state index in [0.717, 1.165) is 5.56 Å². The Bertz CT molecular complexity index is 430. The lowest BCUT2D eigenvalue weighted by Gasteiger charge is -2.09. The van der Waals surface area contributed by atoms with Gasteiger partial charge in [-0.3, -0.25) is 9.59 Å². The summed E-state index contributed by atoms with van der Waals surface area (Å²) in [4.78, 5) is 22.9. The number of carbonyl (C=O) groups is 2. The van der Waals surface area contributed by atoms with Crippen LogP contribution < -0.4 is 16.4 Å². The summed E-state index contributed by atoms with van der Waals surface area (Å²) in [7, 11) is 0. The van der Waals surface area contributed by atoms with Crippen LogP contribution in [0.15, 0.2) is 24.3 Å². The van der Waals surface area contributed by atoms with Crippen molar-refractivity contribution in [3.63, 3.8) is 0 Å². The lowest BCUT2D eigenvalue weighted by Crippen LogP contribution is -2.40. The number of rotatable bonds is 5. The number of benzene rings is 1. The number of para-hydroxylation sites is 1. The number of nitrogens with one attached hydrogen (secondary N) is 2. The molecular formula is C13H19N3O2. The summed E-state index contributed by atoms with van der Waals surface area (Å²) in [5.74, 6) is -0.411. The minimum atomic E-state index is -0.216. The van der Waals surface area contributed by atoms with Gasteiger partial charge in [0.2, 0.25) is 11.8 Å². The monoisotopic (exact) mass is 249 g/mol. The third-order valence-electron chi connectivity index (χ3n) is 2.30. The minimum Gasteiger partial charge on any atom is -0.398 e. The topological polar surface area (TPSA) is 84.2 Å². The van der Waals surface area contributed by atoms with Gasteiger partial charge in [-0.05, 0) is 25.5 Å². The number of anilines is 1. The van der Waals surface area contributed by atoms with E-state index < -0.39 is 0 Å². The average molecular weight is 249 g/mol. The van der Waals surface area contributed by atoms with Gasteiger partial charge < -0.3 is 16.4 Å². The van der Waals surface area contributed by atoms with Crippen LogP contribution in [-0.4, -0.2) is 24.4 Å². The summed E-state index contributed by atoms with van der Waals surface area (Å²) in [6.45, 7) is 3.72. The van der Waals surface area contributed by atoms with E-state index in [-0.39, 0.29) is 30.8 Å². The molecule has 98 valence electrons. The van der Waals surface area contributed by atoms with Gasteiger partial charge in [-0.2, -0.15) is 0 Å². The molecule has 2 amide bonds. The minimum absolute atomic E-state index is 0.0102. The van der Waals surface area contributed by atoms with Crippen LogP contribution >= 0.6 is 0 Å². The fourth-order valence-electron chi connectivity index (χ4n) is 1.48. The van der Waals surface area contributed by atoms with E-state index >= 15 is 0 Å². The highest BCUT2D eigenvalue weighted by Gasteiger charge is 2.08. The van der Waals surface area contributed by atoms with Crippen LogP contribution in [0.1, 0.15) is 19.4 Å². The van der Waals surface area contributed by atoms with Gasteiger partial charge in [-0.15, -0.1) is 0 Å². The van der Waals surface area contributed by atoms with Crippen molar-refractivity contribution in [2.75, 3.05) is 12.3 Å². The molecule has 5 heteroatoms. The SMILES string of the molecule is CC(C)NC(=O)CNC(=O)Cc1ccccc1N. The van der Waals surface area contributed by atoms with Crippen LogP contribution in [0.5, 0.6) is 0 Å². The molecule has 1 aromatic rings. The molecule has 5 nitrogen and oxygen atoms in total.